The molecule has 1 amide bonds. The highest BCUT2D eigenvalue weighted by Gasteiger charge is 2.44. The molecule has 3 rings (SSSR count). The van der Waals surface area contributed by atoms with Crippen LogP contribution in [-0.4, -0.2) is 42.9 Å². The predicted molar refractivity (Wildman–Crippen MR) is 99.5 cm³/mol. The second-order valence-corrected chi connectivity index (χ2v) is 6.80. The SMILES string of the molecule is COC(=O)c1occc1COC(=O)C1(c2ccccc2)CCN(C(C)=O)CC1. The van der Waals surface area contributed by atoms with Crippen molar-refractivity contribution in [3.8, 4) is 0 Å². The highest BCUT2D eigenvalue weighted by molar-refractivity contribution is 5.88. The van der Waals surface area contributed by atoms with E-state index >= 15 is 0 Å². The molecule has 2 heterocycles. The molecule has 0 N–H and O–H groups in total. The van der Waals surface area contributed by atoms with Crippen molar-refractivity contribution < 1.29 is 28.3 Å². The summed E-state index contributed by atoms with van der Waals surface area (Å²) in [5, 5.41) is 0. The number of hydrogen-bond acceptors (Lipinski definition) is 6. The third-order valence-electron chi connectivity index (χ3n) is 5.26. The smallest absolute Gasteiger partial charge is 0.374 e. The molecule has 1 aromatic heterocycles. The Bertz CT molecular complexity index is 849. The maximum atomic E-state index is 13.2. The first-order valence-electron chi connectivity index (χ1n) is 9.11. The third kappa shape index (κ3) is 3.78. The van der Waals surface area contributed by atoms with Gasteiger partial charge in [0, 0.05) is 25.6 Å². The summed E-state index contributed by atoms with van der Waals surface area (Å²) in [5.74, 6) is -0.978. The molecule has 7 nitrogen and oxygen atoms in total. The average Bonchev–Trinajstić information content (AvgIpc) is 3.20. The number of ether oxygens (including phenoxy) is 2. The molecule has 2 aromatic rings. The van der Waals surface area contributed by atoms with Gasteiger partial charge >= 0.3 is 11.9 Å². The van der Waals surface area contributed by atoms with E-state index in [0.29, 0.717) is 31.5 Å². The van der Waals surface area contributed by atoms with Crippen molar-refractivity contribution in [2.75, 3.05) is 20.2 Å². The lowest BCUT2D eigenvalue weighted by molar-refractivity contribution is -0.155. The minimum atomic E-state index is -0.831. The van der Waals surface area contributed by atoms with Gasteiger partial charge in [0.2, 0.25) is 11.7 Å². The molecule has 0 saturated carbocycles. The summed E-state index contributed by atoms with van der Waals surface area (Å²) in [4.78, 5) is 38.3. The zero-order chi connectivity index (χ0) is 20.1. The van der Waals surface area contributed by atoms with Crippen LogP contribution in [0, 0.1) is 0 Å². The Kier molecular flexibility index (Phi) is 5.82. The van der Waals surface area contributed by atoms with E-state index in [2.05, 4.69) is 4.74 Å². The fraction of sp³-hybridized carbons (Fsp3) is 0.381. The molecule has 1 aliphatic rings. The monoisotopic (exact) mass is 385 g/mol. The summed E-state index contributed by atoms with van der Waals surface area (Å²) in [6.07, 6.45) is 2.31. The lowest BCUT2D eigenvalue weighted by atomic mass is 9.72. The lowest BCUT2D eigenvalue weighted by Crippen LogP contribution is -2.49. The maximum absolute atomic E-state index is 13.2. The molecule has 1 saturated heterocycles. The molecule has 0 spiro atoms. The second kappa shape index (κ2) is 8.29. The van der Waals surface area contributed by atoms with Gasteiger partial charge in [-0.1, -0.05) is 30.3 Å². The van der Waals surface area contributed by atoms with Crippen LogP contribution in [0.3, 0.4) is 0 Å². The van der Waals surface area contributed by atoms with Gasteiger partial charge in [-0.2, -0.15) is 0 Å². The first-order valence-corrected chi connectivity index (χ1v) is 9.11. The summed E-state index contributed by atoms with van der Waals surface area (Å²) in [6.45, 7) is 2.41. The molecule has 0 atom stereocenters. The molecule has 7 heteroatoms. The predicted octanol–water partition coefficient (Wildman–Crippen LogP) is 2.69. The van der Waals surface area contributed by atoms with Gasteiger partial charge in [-0.3, -0.25) is 9.59 Å². The Balaban J connectivity index is 1.80. The summed E-state index contributed by atoms with van der Waals surface area (Å²) in [5.41, 5.74) is 0.482. The number of piperidine rings is 1. The van der Waals surface area contributed by atoms with Gasteiger partial charge in [0.05, 0.1) is 18.8 Å². The Morgan fingerprint density at radius 3 is 2.39 bits per heavy atom. The number of likely N-dealkylation sites (tertiary alicyclic amines) is 1. The molecule has 0 bridgehead atoms. The van der Waals surface area contributed by atoms with Crippen molar-refractivity contribution in [2.45, 2.75) is 31.8 Å². The molecule has 1 aromatic carbocycles. The van der Waals surface area contributed by atoms with Crippen LogP contribution in [0.1, 0.15) is 41.4 Å². The van der Waals surface area contributed by atoms with E-state index in [9.17, 15) is 14.4 Å². The molecule has 28 heavy (non-hydrogen) atoms. The molecule has 148 valence electrons. The molecular formula is C21H23NO6. The number of benzene rings is 1. The summed E-state index contributed by atoms with van der Waals surface area (Å²) >= 11 is 0. The minimum Gasteiger partial charge on any atom is -0.463 e. The van der Waals surface area contributed by atoms with Crippen molar-refractivity contribution in [1.82, 2.24) is 4.90 Å². The standard InChI is InChI=1S/C21H23NO6/c1-15(23)22-11-9-21(10-12-22,17-6-4-3-5-7-17)20(25)28-14-16-8-13-27-18(16)19(24)26-2/h3-8,13H,9-12,14H2,1-2H3. The minimum absolute atomic E-state index is 0.00357. The third-order valence-corrected chi connectivity index (χ3v) is 5.26. The molecule has 0 unspecified atom stereocenters. The average molecular weight is 385 g/mol. The number of carbonyl (C=O) groups is 3. The number of carbonyl (C=O) groups excluding carboxylic acids is 3. The Morgan fingerprint density at radius 2 is 1.79 bits per heavy atom. The summed E-state index contributed by atoms with van der Waals surface area (Å²) < 4.78 is 15.4. The van der Waals surface area contributed by atoms with Gasteiger partial charge in [-0.15, -0.1) is 0 Å². The zero-order valence-electron chi connectivity index (χ0n) is 16.0. The van der Waals surface area contributed by atoms with E-state index in [1.807, 2.05) is 30.3 Å². The zero-order valence-corrected chi connectivity index (χ0v) is 16.0. The quantitative estimate of drug-likeness (QED) is 0.736. The molecule has 0 aliphatic carbocycles. The number of methoxy groups -OCH3 is 1. The van der Waals surface area contributed by atoms with Gasteiger partial charge in [-0.25, -0.2) is 4.79 Å². The summed E-state index contributed by atoms with van der Waals surface area (Å²) in [7, 11) is 1.26. The fourth-order valence-electron chi connectivity index (χ4n) is 3.57. The molecule has 1 aliphatic heterocycles. The topological polar surface area (TPSA) is 86.1 Å². The van der Waals surface area contributed by atoms with Gasteiger partial charge in [0.15, 0.2) is 0 Å². The highest BCUT2D eigenvalue weighted by atomic mass is 16.5. The van der Waals surface area contributed by atoms with Crippen molar-refractivity contribution >= 4 is 17.8 Å². The van der Waals surface area contributed by atoms with Crippen LogP contribution in [0.5, 0.6) is 0 Å². The van der Waals surface area contributed by atoms with Crippen LogP contribution >= 0.6 is 0 Å². The Labute approximate surface area is 163 Å². The number of amides is 1. The van der Waals surface area contributed by atoms with Gasteiger partial charge in [0.25, 0.3) is 0 Å². The maximum Gasteiger partial charge on any atom is 0.374 e. The van der Waals surface area contributed by atoms with E-state index in [1.165, 1.54) is 20.3 Å². The lowest BCUT2D eigenvalue weighted by Gasteiger charge is -2.40. The Morgan fingerprint density at radius 1 is 1.11 bits per heavy atom. The van der Waals surface area contributed by atoms with Gasteiger partial charge in [0.1, 0.15) is 6.61 Å². The second-order valence-electron chi connectivity index (χ2n) is 6.80. The van der Waals surface area contributed by atoms with Crippen LogP contribution in [0.4, 0.5) is 0 Å². The normalized spacial score (nSPS) is 15.7. The van der Waals surface area contributed by atoms with Crippen molar-refractivity contribution in [2.24, 2.45) is 0 Å². The number of nitrogens with zero attached hydrogens (tertiary/aromatic N) is 1. The first-order chi connectivity index (χ1) is 13.5. The molecular weight excluding hydrogens is 362 g/mol. The number of hydrogen-bond donors (Lipinski definition) is 0. The van der Waals surface area contributed by atoms with Crippen molar-refractivity contribution in [1.29, 1.82) is 0 Å². The van der Waals surface area contributed by atoms with E-state index in [4.69, 9.17) is 9.15 Å². The Hall–Kier alpha value is -3.09. The molecule has 1 fully saturated rings. The van der Waals surface area contributed by atoms with Crippen LogP contribution in [0.2, 0.25) is 0 Å². The number of esters is 2. The van der Waals surface area contributed by atoms with Gasteiger partial charge in [-0.05, 0) is 24.5 Å². The number of rotatable bonds is 5. The first kappa shape index (κ1) is 19.7. The summed E-state index contributed by atoms with van der Waals surface area (Å²) in [6, 6.07) is 11.0. The van der Waals surface area contributed by atoms with E-state index in [1.54, 1.807) is 11.0 Å². The molecule has 0 radical (unpaired) electrons. The van der Waals surface area contributed by atoms with E-state index < -0.39 is 11.4 Å². The van der Waals surface area contributed by atoms with Crippen LogP contribution in [-0.2, 0) is 31.1 Å². The van der Waals surface area contributed by atoms with Crippen LogP contribution in [0.15, 0.2) is 47.1 Å². The largest absolute Gasteiger partial charge is 0.463 e. The van der Waals surface area contributed by atoms with Crippen LogP contribution in [0.25, 0.3) is 0 Å². The highest BCUT2D eigenvalue weighted by Crippen LogP contribution is 2.37. The van der Waals surface area contributed by atoms with Crippen LogP contribution < -0.4 is 0 Å². The van der Waals surface area contributed by atoms with Crippen molar-refractivity contribution in [3.63, 3.8) is 0 Å². The van der Waals surface area contributed by atoms with Crippen molar-refractivity contribution in [3.05, 3.63) is 59.5 Å². The van der Waals surface area contributed by atoms with E-state index in [-0.39, 0.29) is 24.2 Å². The van der Waals surface area contributed by atoms with Gasteiger partial charge < -0.3 is 18.8 Å². The fourth-order valence-corrected chi connectivity index (χ4v) is 3.57. The number of furan rings is 1. The van der Waals surface area contributed by atoms with E-state index in [0.717, 1.165) is 5.56 Å².